The van der Waals surface area contributed by atoms with Crippen LogP contribution in [0.2, 0.25) is 0 Å². The lowest BCUT2D eigenvalue weighted by Crippen LogP contribution is -2.05. The molecule has 0 aliphatic rings. The first-order valence-corrected chi connectivity index (χ1v) is 7.94. The summed E-state index contributed by atoms with van der Waals surface area (Å²) in [6.45, 7) is 0.632. The van der Waals surface area contributed by atoms with Gasteiger partial charge in [0, 0.05) is 6.54 Å². The van der Waals surface area contributed by atoms with E-state index in [2.05, 4.69) is 20.5 Å². The Balaban J connectivity index is 1.67. The summed E-state index contributed by atoms with van der Waals surface area (Å²) in [5.41, 5.74) is 1.19. The maximum Gasteiger partial charge on any atom is 0.344 e. The third-order valence-corrected chi connectivity index (χ3v) is 4.78. The molecule has 0 bridgehead atoms. The van der Waals surface area contributed by atoms with E-state index in [1.165, 1.54) is 23.5 Å². The first-order valence-electron chi connectivity index (χ1n) is 6.30. The van der Waals surface area contributed by atoms with Gasteiger partial charge in [0.15, 0.2) is 4.34 Å². The molecule has 112 valence electrons. The Morgan fingerprint density at radius 3 is 2.86 bits per heavy atom. The van der Waals surface area contributed by atoms with Crippen molar-refractivity contribution in [2.24, 2.45) is 0 Å². The number of benzene rings is 1. The molecule has 0 amide bonds. The van der Waals surface area contributed by atoms with Gasteiger partial charge in [-0.2, -0.15) is 0 Å². The molecular weight excluding hydrogens is 324 g/mol. The SMILES string of the molecule is O=[N+]([O-])c1cnc(Sc2nnnn2CCc2ccccc2)s1. The van der Waals surface area contributed by atoms with Crippen LogP contribution in [0.15, 0.2) is 46.0 Å². The summed E-state index contributed by atoms with van der Waals surface area (Å²) in [6, 6.07) is 10.0. The third kappa shape index (κ3) is 3.46. The van der Waals surface area contributed by atoms with E-state index in [4.69, 9.17) is 0 Å². The molecule has 0 radical (unpaired) electrons. The van der Waals surface area contributed by atoms with E-state index in [-0.39, 0.29) is 5.00 Å². The lowest BCUT2D eigenvalue weighted by atomic mass is 10.2. The van der Waals surface area contributed by atoms with E-state index in [0.29, 0.717) is 16.0 Å². The minimum Gasteiger partial charge on any atom is -0.257 e. The maximum absolute atomic E-state index is 10.7. The highest BCUT2D eigenvalue weighted by atomic mass is 32.2. The standard InChI is InChI=1S/C12H10N6O2S2/c19-18(20)10-8-13-12(21-10)22-11-14-15-16-17(11)7-6-9-4-2-1-3-5-9/h1-5,8H,6-7H2. The van der Waals surface area contributed by atoms with Crippen molar-refractivity contribution in [2.75, 3.05) is 0 Å². The molecule has 0 spiro atoms. The highest BCUT2D eigenvalue weighted by molar-refractivity contribution is 8.00. The Kier molecular flexibility index (Phi) is 4.39. The number of aryl methyl sites for hydroxylation is 2. The van der Waals surface area contributed by atoms with E-state index in [1.807, 2.05) is 30.3 Å². The minimum atomic E-state index is -0.458. The smallest absolute Gasteiger partial charge is 0.257 e. The zero-order valence-corrected chi connectivity index (χ0v) is 12.8. The molecule has 0 aliphatic heterocycles. The average Bonchev–Trinajstić information content (AvgIpc) is 3.16. The first kappa shape index (κ1) is 14.6. The Morgan fingerprint density at radius 1 is 1.32 bits per heavy atom. The number of hydrogen-bond acceptors (Lipinski definition) is 8. The molecule has 0 N–H and O–H groups in total. The molecule has 10 heteroatoms. The van der Waals surface area contributed by atoms with Crippen LogP contribution in [0.4, 0.5) is 5.00 Å². The van der Waals surface area contributed by atoms with E-state index < -0.39 is 4.92 Å². The van der Waals surface area contributed by atoms with Gasteiger partial charge in [0.25, 0.3) is 0 Å². The van der Waals surface area contributed by atoms with Crippen LogP contribution in [-0.4, -0.2) is 30.1 Å². The quantitative estimate of drug-likeness (QED) is 0.504. The monoisotopic (exact) mass is 334 g/mol. The highest BCUT2D eigenvalue weighted by Gasteiger charge is 2.15. The highest BCUT2D eigenvalue weighted by Crippen LogP contribution is 2.32. The number of nitro groups is 1. The van der Waals surface area contributed by atoms with Crippen LogP contribution < -0.4 is 0 Å². The van der Waals surface area contributed by atoms with Gasteiger partial charge in [0.05, 0.1) is 4.92 Å². The van der Waals surface area contributed by atoms with Crippen LogP contribution >= 0.6 is 23.1 Å². The molecular formula is C12H10N6O2S2. The number of nitrogens with zero attached hydrogens (tertiary/aromatic N) is 6. The summed E-state index contributed by atoms with van der Waals surface area (Å²) in [6.07, 6.45) is 2.04. The van der Waals surface area contributed by atoms with Gasteiger partial charge in [-0.1, -0.05) is 30.3 Å². The molecule has 3 rings (SSSR count). The van der Waals surface area contributed by atoms with E-state index in [0.717, 1.165) is 17.8 Å². The normalized spacial score (nSPS) is 10.7. The van der Waals surface area contributed by atoms with Crippen molar-refractivity contribution >= 4 is 28.1 Å². The lowest BCUT2D eigenvalue weighted by molar-refractivity contribution is -0.380. The van der Waals surface area contributed by atoms with Crippen molar-refractivity contribution in [1.82, 2.24) is 25.2 Å². The summed E-state index contributed by atoms with van der Waals surface area (Å²) in [5.74, 6) is 0. The van der Waals surface area contributed by atoms with Crippen molar-refractivity contribution < 1.29 is 4.92 Å². The molecule has 2 aromatic heterocycles. The second-order valence-corrected chi connectivity index (χ2v) is 6.47. The fraction of sp³-hybridized carbons (Fsp3) is 0.167. The fourth-order valence-electron chi connectivity index (χ4n) is 1.75. The summed E-state index contributed by atoms with van der Waals surface area (Å²) < 4.78 is 2.22. The second-order valence-electron chi connectivity index (χ2n) is 4.24. The lowest BCUT2D eigenvalue weighted by Gasteiger charge is -2.03. The number of thiazole rings is 1. The van der Waals surface area contributed by atoms with Gasteiger partial charge in [0.2, 0.25) is 5.16 Å². The summed E-state index contributed by atoms with van der Waals surface area (Å²) in [4.78, 5) is 14.2. The van der Waals surface area contributed by atoms with Crippen molar-refractivity contribution in [2.45, 2.75) is 22.5 Å². The van der Waals surface area contributed by atoms with Crippen LogP contribution in [0.1, 0.15) is 5.56 Å². The molecule has 0 fully saturated rings. The summed E-state index contributed by atoms with van der Waals surface area (Å²) in [7, 11) is 0. The molecule has 0 saturated carbocycles. The van der Waals surface area contributed by atoms with Crippen LogP contribution in [-0.2, 0) is 13.0 Å². The largest absolute Gasteiger partial charge is 0.344 e. The Morgan fingerprint density at radius 2 is 2.14 bits per heavy atom. The van der Waals surface area contributed by atoms with Gasteiger partial charge < -0.3 is 0 Å². The zero-order valence-electron chi connectivity index (χ0n) is 11.2. The van der Waals surface area contributed by atoms with Crippen molar-refractivity contribution in [3.63, 3.8) is 0 Å². The number of hydrogen-bond donors (Lipinski definition) is 0. The predicted molar refractivity (Wildman–Crippen MR) is 80.9 cm³/mol. The Hall–Kier alpha value is -2.33. The summed E-state index contributed by atoms with van der Waals surface area (Å²) >= 11 is 2.23. The minimum absolute atomic E-state index is 0.00538. The Labute approximate surface area is 133 Å². The number of aromatic nitrogens is 5. The van der Waals surface area contributed by atoms with Gasteiger partial charge >= 0.3 is 5.00 Å². The molecule has 0 aliphatic carbocycles. The van der Waals surface area contributed by atoms with Crippen molar-refractivity contribution in [1.29, 1.82) is 0 Å². The zero-order chi connectivity index (χ0) is 15.4. The third-order valence-electron chi connectivity index (χ3n) is 2.78. The van der Waals surface area contributed by atoms with Crippen LogP contribution in [0.25, 0.3) is 0 Å². The van der Waals surface area contributed by atoms with Gasteiger partial charge in [0.1, 0.15) is 6.20 Å². The van der Waals surface area contributed by atoms with E-state index >= 15 is 0 Å². The Bertz CT molecular complexity index is 773. The average molecular weight is 334 g/mol. The topological polar surface area (TPSA) is 99.6 Å². The molecule has 22 heavy (non-hydrogen) atoms. The van der Waals surface area contributed by atoms with Crippen LogP contribution in [0.5, 0.6) is 0 Å². The van der Waals surface area contributed by atoms with Crippen LogP contribution in [0, 0.1) is 10.1 Å². The van der Waals surface area contributed by atoms with Crippen molar-refractivity contribution in [3.05, 3.63) is 52.2 Å². The molecule has 3 aromatic rings. The van der Waals surface area contributed by atoms with Gasteiger partial charge in [-0.05, 0) is 45.5 Å². The van der Waals surface area contributed by atoms with E-state index in [9.17, 15) is 10.1 Å². The summed E-state index contributed by atoms with van der Waals surface area (Å²) in [5, 5.41) is 22.8. The maximum atomic E-state index is 10.7. The molecule has 2 heterocycles. The molecule has 8 nitrogen and oxygen atoms in total. The van der Waals surface area contributed by atoms with Gasteiger partial charge in [-0.3, -0.25) is 10.1 Å². The van der Waals surface area contributed by atoms with Crippen LogP contribution in [0.3, 0.4) is 0 Å². The fourth-order valence-corrected chi connectivity index (χ4v) is 3.43. The number of tetrazole rings is 1. The molecule has 1 aromatic carbocycles. The van der Waals surface area contributed by atoms with Gasteiger partial charge in [-0.25, -0.2) is 9.67 Å². The second kappa shape index (κ2) is 6.62. The molecule has 0 saturated heterocycles. The predicted octanol–water partition coefficient (Wildman–Crippen LogP) is 2.43. The molecule has 0 atom stereocenters. The van der Waals surface area contributed by atoms with Crippen molar-refractivity contribution in [3.8, 4) is 0 Å². The molecule has 0 unspecified atom stereocenters. The first-order chi connectivity index (χ1) is 10.7. The van der Waals surface area contributed by atoms with E-state index in [1.54, 1.807) is 4.68 Å². The van der Waals surface area contributed by atoms with Gasteiger partial charge in [-0.15, -0.1) is 5.10 Å². The number of rotatable bonds is 6.